The van der Waals surface area contributed by atoms with Crippen LogP contribution in [0.15, 0.2) is 10.7 Å². The summed E-state index contributed by atoms with van der Waals surface area (Å²) in [4.78, 5) is 12.5. The molecule has 16 heavy (non-hydrogen) atoms. The van der Waals surface area contributed by atoms with Gasteiger partial charge in [0.15, 0.2) is 0 Å². The van der Waals surface area contributed by atoms with E-state index in [0.717, 1.165) is 4.90 Å². The van der Waals surface area contributed by atoms with Crippen LogP contribution in [0.2, 0.25) is 0 Å². The molecule has 0 atom stereocenters. The number of aromatic nitrogens is 1. The van der Waals surface area contributed by atoms with Crippen LogP contribution in [-0.2, 0) is 0 Å². The quantitative estimate of drug-likeness (QED) is 0.813. The van der Waals surface area contributed by atoms with Gasteiger partial charge in [0.25, 0.3) is 12.3 Å². The summed E-state index contributed by atoms with van der Waals surface area (Å²) >= 11 is 0. The van der Waals surface area contributed by atoms with Crippen LogP contribution in [0, 0.1) is 6.92 Å². The van der Waals surface area contributed by atoms with Crippen molar-refractivity contribution in [3.05, 3.63) is 17.5 Å². The number of alkyl halides is 2. The molecule has 0 saturated heterocycles. The largest absolute Gasteiger partial charge is 0.395 e. The van der Waals surface area contributed by atoms with Gasteiger partial charge in [0, 0.05) is 12.1 Å². The Balaban J connectivity index is 2.78. The summed E-state index contributed by atoms with van der Waals surface area (Å²) in [6, 6.07) is 0. The van der Waals surface area contributed by atoms with Gasteiger partial charge in [0.05, 0.1) is 19.3 Å². The van der Waals surface area contributed by atoms with Crippen molar-refractivity contribution in [2.75, 3.05) is 19.7 Å². The van der Waals surface area contributed by atoms with Crippen LogP contribution in [-0.4, -0.2) is 47.2 Å². The van der Waals surface area contributed by atoms with Crippen molar-refractivity contribution in [2.45, 2.75) is 13.3 Å². The number of aryl methyl sites for hydroxylation is 1. The number of amides is 1. The summed E-state index contributed by atoms with van der Waals surface area (Å²) in [5, 5.41) is 12.1. The summed E-state index contributed by atoms with van der Waals surface area (Å²) in [6.45, 7) is 0.303. The van der Waals surface area contributed by atoms with Gasteiger partial charge in [0.2, 0.25) is 5.76 Å². The van der Waals surface area contributed by atoms with Gasteiger partial charge in [-0.15, -0.1) is 0 Å². The van der Waals surface area contributed by atoms with E-state index in [1.54, 1.807) is 6.92 Å². The fraction of sp³-hybridized carbons (Fsp3) is 0.556. The van der Waals surface area contributed by atoms with Crippen molar-refractivity contribution >= 4 is 5.91 Å². The molecule has 1 rings (SSSR count). The van der Waals surface area contributed by atoms with Crippen molar-refractivity contribution in [3.8, 4) is 0 Å². The third-order valence-electron chi connectivity index (χ3n) is 1.96. The number of carbonyl (C=O) groups is 1. The first kappa shape index (κ1) is 12.6. The lowest BCUT2D eigenvalue weighted by atomic mass is 10.2. The third-order valence-corrected chi connectivity index (χ3v) is 1.96. The molecular weight excluding hydrogens is 222 g/mol. The number of rotatable bonds is 5. The molecule has 0 radical (unpaired) electrons. The Kier molecular flexibility index (Phi) is 4.36. The third kappa shape index (κ3) is 2.99. The standard InChI is InChI=1S/C9H12F2N2O3/c1-6-4-12-16-8(6)9(15)13(2-3-14)5-7(10)11/h4,7,14H,2-3,5H2,1H3. The number of nitrogens with zero attached hydrogens (tertiary/aromatic N) is 2. The van der Waals surface area contributed by atoms with Crippen LogP contribution in [0.4, 0.5) is 8.78 Å². The fourth-order valence-electron chi connectivity index (χ4n) is 1.20. The van der Waals surface area contributed by atoms with Crippen LogP contribution < -0.4 is 0 Å². The van der Waals surface area contributed by atoms with Crippen LogP contribution in [0.3, 0.4) is 0 Å². The second kappa shape index (κ2) is 5.55. The molecule has 0 aliphatic carbocycles. The van der Waals surface area contributed by atoms with E-state index in [1.807, 2.05) is 0 Å². The Bertz CT molecular complexity index is 354. The molecule has 5 nitrogen and oxygen atoms in total. The molecule has 0 aromatic carbocycles. The highest BCUT2D eigenvalue weighted by Gasteiger charge is 2.23. The average Bonchev–Trinajstić information content (AvgIpc) is 2.62. The molecule has 0 aliphatic heterocycles. The number of hydrogen-bond acceptors (Lipinski definition) is 4. The van der Waals surface area contributed by atoms with Crippen LogP contribution in [0.25, 0.3) is 0 Å². The number of aliphatic hydroxyl groups is 1. The molecule has 0 bridgehead atoms. The molecule has 0 aliphatic rings. The first-order chi connectivity index (χ1) is 7.56. The maximum absolute atomic E-state index is 12.2. The van der Waals surface area contributed by atoms with Gasteiger partial charge in [-0.1, -0.05) is 5.16 Å². The van der Waals surface area contributed by atoms with Crippen molar-refractivity contribution in [2.24, 2.45) is 0 Å². The van der Waals surface area contributed by atoms with Gasteiger partial charge in [0.1, 0.15) is 0 Å². The monoisotopic (exact) mass is 234 g/mol. The molecule has 0 fully saturated rings. The van der Waals surface area contributed by atoms with Gasteiger partial charge in [-0.05, 0) is 6.92 Å². The molecule has 1 N–H and O–H groups in total. The van der Waals surface area contributed by atoms with Gasteiger partial charge in [-0.3, -0.25) is 4.79 Å². The minimum atomic E-state index is -2.65. The van der Waals surface area contributed by atoms with E-state index in [9.17, 15) is 13.6 Å². The van der Waals surface area contributed by atoms with Crippen molar-refractivity contribution in [1.82, 2.24) is 10.1 Å². The summed E-state index contributed by atoms with van der Waals surface area (Å²) in [7, 11) is 0. The highest BCUT2D eigenvalue weighted by atomic mass is 19.3. The predicted octanol–water partition coefficient (Wildman–Crippen LogP) is 0.683. The molecule has 7 heteroatoms. The first-order valence-electron chi connectivity index (χ1n) is 4.65. The molecule has 0 unspecified atom stereocenters. The van der Waals surface area contributed by atoms with Gasteiger partial charge < -0.3 is 14.5 Å². The molecular formula is C9H12F2N2O3. The molecule has 1 aromatic heterocycles. The molecule has 0 spiro atoms. The summed E-state index contributed by atoms with van der Waals surface area (Å²) in [5.41, 5.74) is 0.474. The van der Waals surface area contributed by atoms with Crippen LogP contribution in [0.1, 0.15) is 16.1 Å². The van der Waals surface area contributed by atoms with Gasteiger partial charge >= 0.3 is 0 Å². The average molecular weight is 234 g/mol. The van der Waals surface area contributed by atoms with Gasteiger partial charge in [-0.2, -0.15) is 0 Å². The molecule has 1 heterocycles. The van der Waals surface area contributed by atoms with Crippen molar-refractivity contribution < 1.29 is 23.2 Å². The number of halogens is 2. The second-order valence-electron chi connectivity index (χ2n) is 3.20. The number of hydrogen-bond donors (Lipinski definition) is 1. The Morgan fingerprint density at radius 1 is 1.69 bits per heavy atom. The Morgan fingerprint density at radius 2 is 2.38 bits per heavy atom. The van der Waals surface area contributed by atoms with E-state index in [-0.39, 0.29) is 18.9 Å². The number of carbonyl (C=O) groups excluding carboxylic acids is 1. The summed E-state index contributed by atoms with van der Waals surface area (Å²) in [5.74, 6) is -0.765. The highest BCUT2D eigenvalue weighted by molar-refractivity contribution is 5.92. The SMILES string of the molecule is Cc1cnoc1C(=O)N(CCO)CC(F)F. The van der Waals surface area contributed by atoms with E-state index < -0.39 is 18.9 Å². The Morgan fingerprint density at radius 3 is 2.81 bits per heavy atom. The topological polar surface area (TPSA) is 66.6 Å². The number of aliphatic hydroxyl groups excluding tert-OH is 1. The summed E-state index contributed by atoms with van der Waals surface area (Å²) in [6.07, 6.45) is -1.33. The lowest BCUT2D eigenvalue weighted by Gasteiger charge is -2.19. The molecule has 1 amide bonds. The van der Waals surface area contributed by atoms with Gasteiger partial charge in [-0.25, -0.2) is 8.78 Å². The van der Waals surface area contributed by atoms with E-state index in [0.29, 0.717) is 5.56 Å². The minimum Gasteiger partial charge on any atom is -0.395 e. The molecule has 1 aromatic rings. The zero-order chi connectivity index (χ0) is 12.1. The van der Waals surface area contributed by atoms with E-state index in [4.69, 9.17) is 5.11 Å². The lowest BCUT2D eigenvalue weighted by molar-refractivity contribution is 0.0475. The maximum Gasteiger partial charge on any atom is 0.293 e. The smallest absolute Gasteiger partial charge is 0.293 e. The predicted molar refractivity (Wildman–Crippen MR) is 50.2 cm³/mol. The maximum atomic E-state index is 12.2. The molecule has 90 valence electrons. The molecule has 0 saturated carbocycles. The van der Waals surface area contributed by atoms with Crippen LogP contribution in [0.5, 0.6) is 0 Å². The minimum absolute atomic E-state index is 0.0749. The van der Waals surface area contributed by atoms with E-state index in [2.05, 4.69) is 9.68 Å². The Hall–Kier alpha value is -1.50. The van der Waals surface area contributed by atoms with E-state index in [1.165, 1.54) is 6.20 Å². The fourth-order valence-corrected chi connectivity index (χ4v) is 1.20. The zero-order valence-corrected chi connectivity index (χ0v) is 8.69. The highest BCUT2D eigenvalue weighted by Crippen LogP contribution is 2.11. The van der Waals surface area contributed by atoms with E-state index >= 15 is 0 Å². The Labute approximate surface area is 90.6 Å². The summed E-state index contributed by atoms with van der Waals surface area (Å²) < 4.78 is 29.0. The second-order valence-corrected chi connectivity index (χ2v) is 3.20. The zero-order valence-electron chi connectivity index (χ0n) is 8.69. The van der Waals surface area contributed by atoms with Crippen molar-refractivity contribution in [1.29, 1.82) is 0 Å². The van der Waals surface area contributed by atoms with Crippen LogP contribution >= 0.6 is 0 Å². The lowest BCUT2D eigenvalue weighted by Crippen LogP contribution is -2.37. The first-order valence-corrected chi connectivity index (χ1v) is 4.65. The van der Waals surface area contributed by atoms with Crippen molar-refractivity contribution in [3.63, 3.8) is 0 Å². The normalized spacial score (nSPS) is 10.8.